The summed E-state index contributed by atoms with van der Waals surface area (Å²) in [6.45, 7) is -0.735. The molecular formula is C23H27NO7S. The van der Waals surface area contributed by atoms with Gasteiger partial charge >= 0.3 is 5.97 Å². The van der Waals surface area contributed by atoms with Crippen molar-refractivity contribution in [3.63, 3.8) is 0 Å². The molecule has 0 unspecified atom stereocenters. The summed E-state index contributed by atoms with van der Waals surface area (Å²) in [7, 11) is 2.92. The van der Waals surface area contributed by atoms with Gasteiger partial charge in [-0.3, -0.25) is 9.59 Å². The fraction of sp³-hybridized carbons (Fsp3) is 0.348. The number of nitrogens with one attached hydrogen (secondary N) is 1. The quantitative estimate of drug-likeness (QED) is 0.359. The maximum Gasteiger partial charge on any atom is 0.329 e. The Labute approximate surface area is 191 Å². The summed E-state index contributed by atoms with van der Waals surface area (Å²) < 4.78 is 20.9. The minimum Gasteiger partial charge on any atom is -0.497 e. The molecule has 0 spiro atoms. The normalized spacial score (nSPS) is 11.2. The van der Waals surface area contributed by atoms with Gasteiger partial charge in [0.25, 0.3) is 5.91 Å². The maximum absolute atomic E-state index is 12.6. The number of carbonyl (C=O) groups is 3. The number of benzene rings is 2. The number of ketones is 1. The van der Waals surface area contributed by atoms with Gasteiger partial charge in [-0.15, -0.1) is 0 Å². The van der Waals surface area contributed by atoms with Crippen molar-refractivity contribution < 1.29 is 33.3 Å². The molecule has 0 fully saturated rings. The summed E-state index contributed by atoms with van der Waals surface area (Å²) in [5.74, 6) is 0.387. The van der Waals surface area contributed by atoms with Gasteiger partial charge in [0.05, 0.1) is 19.8 Å². The average Bonchev–Trinajstić information content (AvgIpc) is 2.83. The Morgan fingerprint density at radius 1 is 0.969 bits per heavy atom. The molecule has 0 aromatic heterocycles. The van der Waals surface area contributed by atoms with Crippen LogP contribution in [0.2, 0.25) is 0 Å². The second-order valence-electron chi connectivity index (χ2n) is 6.60. The third-order valence-corrected chi connectivity index (χ3v) is 5.04. The van der Waals surface area contributed by atoms with Gasteiger partial charge in [-0.2, -0.15) is 11.8 Å². The molecule has 0 heterocycles. The van der Waals surface area contributed by atoms with Crippen LogP contribution in [0.25, 0.3) is 0 Å². The first-order chi connectivity index (χ1) is 15.5. The van der Waals surface area contributed by atoms with Gasteiger partial charge in [0.2, 0.25) is 5.78 Å². The number of ether oxygens (including phenoxy) is 4. The first kappa shape index (κ1) is 25.1. The molecule has 172 valence electrons. The van der Waals surface area contributed by atoms with Crippen LogP contribution in [0.4, 0.5) is 0 Å². The first-order valence-corrected chi connectivity index (χ1v) is 11.3. The highest BCUT2D eigenvalue weighted by Crippen LogP contribution is 2.24. The summed E-state index contributed by atoms with van der Waals surface area (Å²) in [5.41, 5.74) is 0.237. The van der Waals surface area contributed by atoms with E-state index in [1.807, 2.05) is 12.3 Å². The standard InChI is InChI=1S/C23H27NO7S/c1-28-17-9-10-21(29-2)18(13-17)20(25)14-31-23(27)19(11-12-32-3)24-22(26)15-30-16-7-5-4-6-8-16/h4-10,13,19H,11-12,14-15H2,1-3H3,(H,24,26)/t19-/m0/s1. The van der Waals surface area contributed by atoms with Crippen LogP contribution in [-0.2, 0) is 14.3 Å². The summed E-state index contributed by atoms with van der Waals surface area (Å²) in [6.07, 6.45) is 2.25. The van der Waals surface area contributed by atoms with Gasteiger partial charge in [0.15, 0.2) is 13.2 Å². The number of hydrogen-bond donors (Lipinski definition) is 1. The van der Waals surface area contributed by atoms with Crippen LogP contribution in [0.15, 0.2) is 48.5 Å². The van der Waals surface area contributed by atoms with Crippen LogP contribution in [0.5, 0.6) is 17.2 Å². The van der Waals surface area contributed by atoms with Crippen LogP contribution < -0.4 is 19.5 Å². The highest BCUT2D eigenvalue weighted by atomic mass is 32.2. The molecule has 2 aromatic rings. The fourth-order valence-corrected chi connectivity index (χ4v) is 3.20. The number of amides is 1. The van der Waals surface area contributed by atoms with Crippen LogP contribution in [0.3, 0.4) is 0 Å². The number of para-hydroxylation sites is 1. The molecule has 0 aliphatic heterocycles. The van der Waals surface area contributed by atoms with Crippen molar-refractivity contribution in [2.45, 2.75) is 12.5 Å². The number of Topliss-reactive ketones (excluding diaryl/α,β-unsaturated/α-hetero) is 1. The minimum absolute atomic E-state index is 0.237. The van der Waals surface area contributed by atoms with E-state index in [4.69, 9.17) is 18.9 Å². The van der Waals surface area contributed by atoms with Crippen molar-refractivity contribution in [2.24, 2.45) is 0 Å². The fourth-order valence-electron chi connectivity index (χ4n) is 2.73. The van der Waals surface area contributed by atoms with Gasteiger partial charge in [-0.1, -0.05) is 18.2 Å². The van der Waals surface area contributed by atoms with Gasteiger partial charge in [-0.25, -0.2) is 4.79 Å². The number of carbonyl (C=O) groups excluding carboxylic acids is 3. The van der Waals surface area contributed by atoms with Gasteiger partial charge in [-0.05, 0) is 48.8 Å². The van der Waals surface area contributed by atoms with Crippen molar-refractivity contribution in [1.29, 1.82) is 0 Å². The van der Waals surface area contributed by atoms with E-state index in [0.717, 1.165) is 0 Å². The Bertz CT molecular complexity index is 904. The van der Waals surface area contributed by atoms with E-state index >= 15 is 0 Å². The highest BCUT2D eigenvalue weighted by Gasteiger charge is 2.24. The van der Waals surface area contributed by atoms with Crippen LogP contribution >= 0.6 is 11.8 Å². The number of methoxy groups -OCH3 is 2. The van der Waals surface area contributed by atoms with E-state index in [2.05, 4.69) is 5.32 Å². The van der Waals surface area contributed by atoms with Crippen molar-refractivity contribution >= 4 is 29.4 Å². The lowest BCUT2D eigenvalue weighted by Gasteiger charge is -2.17. The lowest BCUT2D eigenvalue weighted by atomic mass is 10.1. The molecule has 0 bridgehead atoms. The largest absolute Gasteiger partial charge is 0.497 e. The second kappa shape index (κ2) is 13.3. The monoisotopic (exact) mass is 461 g/mol. The zero-order valence-corrected chi connectivity index (χ0v) is 19.1. The van der Waals surface area contributed by atoms with E-state index in [1.54, 1.807) is 36.4 Å². The number of thioether (sulfide) groups is 1. The molecule has 32 heavy (non-hydrogen) atoms. The van der Waals surface area contributed by atoms with Crippen molar-refractivity contribution in [3.8, 4) is 17.2 Å². The molecule has 2 rings (SSSR count). The Kier molecular flexibility index (Phi) is 10.4. The molecule has 8 nitrogen and oxygen atoms in total. The van der Waals surface area contributed by atoms with Gasteiger partial charge < -0.3 is 24.3 Å². The molecule has 1 atom stereocenters. The summed E-state index contributed by atoms with van der Waals surface area (Å²) >= 11 is 1.53. The third-order valence-electron chi connectivity index (χ3n) is 4.40. The van der Waals surface area contributed by atoms with Crippen LogP contribution in [-0.4, -0.2) is 63.1 Å². The van der Waals surface area contributed by atoms with Crippen LogP contribution in [0, 0.1) is 0 Å². The third kappa shape index (κ3) is 7.81. The van der Waals surface area contributed by atoms with Crippen molar-refractivity contribution in [1.82, 2.24) is 5.32 Å². The lowest BCUT2D eigenvalue weighted by Crippen LogP contribution is -2.44. The Hall–Kier alpha value is -3.20. The predicted molar refractivity (Wildman–Crippen MR) is 122 cm³/mol. The Morgan fingerprint density at radius 2 is 1.72 bits per heavy atom. The summed E-state index contributed by atoms with van der Waals surface area (Å²) in [5, 5.41) is 2.62. The Morgan fingerprint density at radius 3 is 2.38 bits per heavy atom. The number of rotatable bonds is 13. The summed E-state index contributed by atoms with van der Waals surface area (Å²) in [4.78, 5) is 37.4. The van der Waals surface area contributed by atoms with Crippen LogP contribution in [0.1, 0.15) is 16.8 Å². The molecule has 0 radical (unpaired) electrons. The highest BCUT2D eigenvalue weighted by molar-refractivity contribution is 7.98. The molecule has 0 saturated carbocycles. The number of hydrogen-bond acceptors (Lipinski definition) is 8. The molecule has 0 aliphatic carbocycles. The van der Waals surface area contributed by atoms with E-state index in [9.17, 15) is 14.4 Å². The average molecular weight is 462 g/mol. The molecule has 0 saturated heterocycles. The molecule has 2 aromatic carbocycles. The maximum atomic E-state index is 12.6. The van der Waals surface area contributed by atoms with E-state index in [-0.39, 0.29) is 12.2 Å². The van der Waals surface area contributed by atoms with E-state index < -0.39 is 30.3 Å². The molecule has 1 N–H and O–H groups in total. The zero-order chi connectivity index (χ0) is 23.3. The predicted octanol–water partition coefficient (Wildman–Crippen LogP) is 2.75. The smallest absolute Gasteiger partial charge is 0.329 e. The lowest BCUT2D eigenvalue weighted by molar-refractivity contribution is -0.147. The zero-order valence-electron chi connectivity index (χ0n) is 18.3. The first-order valence-electron chi connectivity index (χ1n) is 9.86. The number of esters is 1. The van der Waals surface area contributed by atoms with Gasteiger partial charge in [0, 0.05) is 0 Å². The molecule has 1 amide bonds. The van der Waals surface area contributed by atoms with E-state index in [1.165, 1.54) is 32.0 Å². The molecule has 0 aliphatic rings. The topological polar surface area (TPSA) is 100 Å². The molecular weight excluding hydrogens is 434 g/mol. The van der Waals surface area contributed by atoms with Crippen molar-refractivity contribution in [3.05, 3.63) is 54.1 Å². The summed E-state index contributed by atoms with van der Waals surface area (Å²) in [6, 6.07) is 12.8. The van der Waals surface area contributed by atoms with Crippen molar-refractivity contribution in [2.75, 3.05) is 39.4 Å². The molecule has 9 heteroatoms. The minimum atomic E-state index is -0.894. The second-order valence-corrected chi connectivity index (χ2v) is 7.59. The Balaban J connectivity index is 1.95. The van der Waals surface area contributed by atoms with Gasteiger partial charge in [0.1, 0.15) is 23.3 Å². The van der Waals surface area contributed by atoms with E-state index in [0.29, 0.717) is 29.4 Å². The SMILES string of the molecule is COc1ccc(OC)c(C(=O)COC(=O)[C@H](CCSC)NC(=O)COc2ccccc2)c1.